The van der Waals surface area contributed by atoms with Crippen molar-refractivity contribution in [1.29, 1.82) is 0 Å². The fourth-order valence-corrected chi connectivity index (χ4v) is 3.71. The molecule has 2 aromatic heterocycles. The molecular formula is C22H19ClF2N4O2. The highest BCUT2D eigenvalue weighted by molar-refractivity contribution is 6.30. The lowest BCUT2D eigenvalue weighted by Crippen LogP contribution is -2.27. The minimum absolute atomic E-state index is 0.0808. The number of nitrogens with zero attached hydrogens (tertiary/aromatic N) is 3. The van der Waals surface area contributed by atoms with Gasteiger partial charge < -0.3 is 10.1 Å². The molecule has 160 valence electrons. The van der Waals surface area contributed by atoms with E-state index in [0.717, 1.165) is 12.1 Å². The lowest BCUT2D eigenvalue weighted by molar-refractivity contribution is -0.117. The summed E-state index contributed by atoms with van der Waals surface area (Å²) in [7, 11) is 0. The Kier molecular flexibility index (Phi) is 5.58. The molecule has 1 aliphatic carbocycles. The van der Waals surface area contributed by atoms with Crippen molar-refractivity contribution in [3.05, 3.63) is 76.5 Å². The summed E-state index contributed by atoms with van der Waals surface area (Å²) in [6.07, 6.45) is 3.39. The Morgan fingerprint density at radius 2 is 2.00 bits per heavy atom. The highest BCUT2D eigenvalue weighted by Crippen LogP contribution is 2.55. The second-order valence-electron chi connectivity index (χ2n) is 7.55. The summed E-state index contributed by atoms with van der Waals surface area (Å²) in [5.41, 5.74) is 0.323. The molecule has 2 atom stereocenters. The van der Waals surface area contributed by atoms with Crippen molar-refractivity contribution in [2.24, 2.45) is 5.92 Å². The van der Waals surface area contributed by atoms with Crippen molar-refractivity contribution in [3.8, 4) is 5.75 Å². The molecule has 1 fully saturated rings. The number of ether oxygens (including phenoxy) is 1. The lowest BCUT2D eigenvalue weighted by Gasteiger charge is -2.20. The van der Waals surface area contributed by atoms with E-state index in [4.69, 9.17) is 16.3 Å². The van der Waals surface area contributed by atoms with E-state index in [9.17, 15) is 13.6 Å². The Morgan fingerprint density at radius 3 is 2.68 bits per heavy atom. The van der Waals surface area contributed by atoms with Crippen LogP contribution in [0.2, 0.25) is 5.02 Å². The van der Waals surface area contributed by atoms with Gasteiger partial charge in [0.1, 0.15) is 11.6 Å². The largest absolute Gasteiger partial charge is 0.489 e. The number of aryl methyl sites for hydroxylation is 2. The van der Waals surface area contributed by atoms with Crippen LogP contribution in [0.25, 0.3) is 0 Å². The van der Waals surface area contributed by atoms with Gasteiger partial charge in [-0.1, -0.05) is 17.7 Å². The van der Waals surface area contributed by atoms with E-state index < -0.39 is 23.0 Å². The maximum absolute atomic E-state index is 14.0. The summed E-state index contributed by atoms with van der Waals surface area (Å²) in [6.45, 7) is 3.64. The van der Waals surface area contributed by atoms with Gasteiger partial charge in [0, 0.05) is 11.6 Å². The zero-order valence-electron chi connectivity index (χ0n) is 16.8. The molecule has 0 bridgehead atoms. The van der Waals surface area contributed by atoms with E-state index in [2.05, 4.69) is 20.3 Å². The van der Waals surface area contributed by atoms with E-state index in [1.54, 1.807) is 32.2 Å². The second kappa shape index (κ2) is 8.19. The lowest BCUT2D eigenvalue weighted by atomic mass is 9.93. The monoisotopic (exact) mass is 444 g/mol. The number of benzene rings is 1. The summed E-state index contributed by atoms with van der Waals surface area (Å²) in [4.78, 5) is 25.4. The Morgan fingerprint density at radius 1 is 1.19 bits per heavy atom. The summed E-state index contributed by atoms with van der Waals surface area (Å²) in [6, 6.07) is 6.86. The average Bonchev–Trinajstić information content (AvgIpc) is 3.47. The number of halogens is 3. The maximum Gasteiger partial charge on any atom is 0.229 e. The number of nitrogens with one attached hydrogen (secondary N) is 1. The van der Waals surface area contributed by atoms with Crippen LogP contribution in [0.1, 0.15) is 23.5 Å². The molecule has 0 aliphatic heterocycles. The van der Waals surface area contributed by atoms with Crippen molar-refractivity contribution >= 4 is 23.3 Å². The zero-order chi connectivity index (χ0) is 22.2. The van der Waals surface area contributed by atoms with Crippen molar-refractivity contribution in [2.75, 3.05) is 11.9 Å². The summed E-state index contributed by atoms with van der Waals surface area (Å²) in [5, 5.41) is 3.19. The van der Waals surface area contributed by atoms with Crippen molar-refractivity contribution < 1.29 is 18.3 Å². The van der Waals surface area contributed by atoms with E-state index in [-0.39, 0.29) is 12.5 Å². The van der Waals surface area contributed by atoms with E-state index >= 15 is 0 Å². The molecule has 1 amide bonds. The number of rotatable bonds is 6. The smallest absolute Gasteiger partial charge is 0.229 e. The molecule has 0 spiro atoms. The Bertz CT molecular complexity index is 1140. The molecule has 1 aromatic carbocycles. The van der Waals surface area contributed by atoms with Crippen LogP contribution in [0.4, 0.5) is 14.6 Å². The molecular weight excluding hydrogens is 426 g/mol. The van der Waals surface area contributed by atoms with Crippen molar-refractivity contribution in [3.63, 3.8) is 0 Å². The zero-order valence-corrected chi connectivity index (χ0v) is 17.6. The van der Waals surface area contributed by atoms with Gasteiger partial charge in [0.25, 0.3) is 0 Å². The quantitative estimate of drug-likeness (QED) is 0.610. The molecule has 1 aliphatic rings. The third-order valence-corrected chi connectivity index (χ3v) is 5.63. The van der Waals surface area contributed by atoms with E-state index in [0.29, 0.717) is 40.1 Å². The first-order chi connectivity index (χ1) is 14.8. The standard InChI is InChI=1S/C22H19ClF2N4O2/c1-12-19(10-26-13(2)28-12)31-11-22(14-3-5-17(24)18(25)7-14)8-16(22)21(30)29-20-6-4-15(23)9-27-20/h3-7,9-10,16H,8,11H2,1-2H3,(H,27,29,30)/t16-,22+/m0/s1. The van der Waals surface area contributed by atoms with Gasteiger partial charge >= 0.3 is 0 Å². The SMILES string of the molecule is Cc1ncc(OC[C@@]2(c3ccc(F)c(F)c3)C[C@H]2C(=O)Nc2ccc(Cl)cn2)c(C)n1. The van der Waals surface area contributed by atoms with Crippen molar-refractivity contribution in [1.82, 2.24) is 15.0 Å². The third-order valence-electron chi connectivity index (χ3n) is 5.40. The van der Waals surface area contributed by atoms with Gasteiger partial charge in [-0.15, -0.1) is 0 Å². The molecule has 1 saturated carbocycles. The Balaban J connectivity index is 1.58. The minimum atomic E-state index is -0.975. The normalized spacial score (nSPS) is 19.7. The highest BCUT2D eigenvalue weighted by atomic mass is 35.5. The number of anilines is 1. The topological polar surface area (TPSA) is 77.0 Å². The van der Waals surface area contributed by atoms with Crippen LogP contribution in [0.15, 0.2) is 42.7 Å². The summed E-state index contributed by atoms with van der Waals surface area (Å²) < 4.78 is 33.4. The number of carbonyl (C=O) groups is 1. The van der Waals surface area contributed by atoms with Crippen molar-refractivity contribution in [2.45, 2.75) is 25.7 Å². The van der Waals surface area contributed by atoms with E-state index in [1.165, 1.54) is 12.3 Å². The Labute approximate surface area is 182 Å². The van der Waals surface area contributed by atoms with Crippen LogP contribution >= 0.6 is 11.6 Å². The summed E-state index contributed by atoms with van der Waals surface area (Å²) in [5.74, 6) is -1.30. The summed E-state index contributed by atoms with van der Waals surface area (Å²) >= 11 is 5.83. The molecule has 9 heteroatoms. The minimum Gasteiger partial charge on any atom is -0.489 e. The van der Waals surface area contributed by atoms with Crippen LogP contribution in [-0.4, -0.2) is 27.5 Å². The molecule has 0 saturated heterocycles. The molecule has 4 rings (SSSR count). The average molecular weight is 445 g/mol. The highest BCUT2D eigenvalue weighted by Gasteiger charge is 2.60. The number of carbonyl (C=O) groups excluding carboxylic acids is 1. The fourth-order valence-electron chi connectivity index (χ4n) is 3.60. The van der Waals surface area contributed by atoms with Crippen LogP contribution < -0.4 is 10.1 Å². The number of hydrogen-bond acceptors (Lipinski definition) is 5. The van der Waals surface area contributed by atoms with Gasteiger partial charge in [0.2, 0.25) is 5.91 Å². The van der Waals surface area contributed by atoms with Gasteiger partial charge in [-0.05, 0) is 50.1 Å². The molecule has 31 heavy (non-hydrogen) atoms. The van der Waals surface area contributed by atoms with Gasteiger partial charge in [-0.25, -0.2) is 23.7 Å². The Hall–Kier alpha value is -3.13. The third kappa shape index (κ3) is 4.34. The first-order valence-electron chi connectivity index (χ1n) is 9.59. The molecule has 2 heterocycles. The predicted molar refractivity (Wildman–Crippen MR) is 111 cm³/mol. The number of amides is 1. The van der Waals surface area contributed by atoms with E-state index in [1.807, 2.05) is 0 Å². The molecule has 0 radical (unpaired) electrons. The van der Waals surface area contributed by atoms with Gasteiger partial charge in [-0.2, -0.15) is 0 Å². The number of aromatic nitrogens is 3. The van der Waals surface area contributed by atoms with Crippen LogP contribution in [0, 0.1) is 31.4 Å². The number of hydrogen-bond donors (Lipinski definition) is 1. The van der Waals surface area contributed by atoms with Gasteiger partial charge in [-0.3, -0.25) is 4.79 Å². The first kappa shape index (κ1) is 21.1. The first-order valence-corrected chi connectivity index (χ1v) is 9.97. The molecule has 3 aromatic rings. The maximum atomic E-state index is 14.0. The fraction of sp³-hybridized carbons (Fsp3) is 0.273. The molecule has 1 N–H and O–H groups in total. The molecule has 0 unspecified atom stereocenters. The molecule has 6 nitrogen and oxygen atoms in total. The number of pyridine rings is 1. The van der Waals surface area contributed by atoms with Crippen LogP contribution in [0.3, 0.4) is 0 Å². The van der Waals surface area contributed by atoms with Gasteiger partial charge in [0.15, 0.2) is 17.4 Å². The van der Waals surface area contributed by atoms with Gasteiger partial charge in [0.05, 0.1) is 29.4 Å². The van der Waals surface area contributed by atoms with Crippen LogP contribution in [-0.2, 0) is 10.2 Å². The van der Waals surface area contributed by atoms with Crippen LogP contribution in [0.5, 0.6) is 5.75 Å². The predicted octanol–water partition coefficient (Wildman–Crippen LogP) is 4.40. The second-order valence-corrected chi connectivity index (χ2v) is 7.98.